The molecule has 0 aliphatic carbocycles. The molecule has 0 bridgehead atoms. The SMILES string of the molecule is CCN(CC)C(CNC(=NC)N1CCOC(C2CCCO2)C1)c1ccco1. The minimum atomic E-state index is 0.128. The van der Waals surface area contributed by atoms with Gasteiger partial charge in [-0.15, -0.1) is 0 Å². The summed E-state index contributed by atoms with van der Waals surface area (Å²) < 4.78 is 17.5. The van der Waals surface area contributed by atoms with Crippen molar-refractivity contribution in [2.75, 3.05) is 53.0 Å². The highest BCUT2D eigenvalue weighted by Gasteiger charge is 2.32. The van der Waals surface area contributed by atoms with Crippen molar-refractivity contribution in [1.29, 1.82) is 0 Å². The Bertz CT molecular complexity index is 568. The Morgan fingerprint density at radius 1 is 1.30 bits per heavy atom. The first-order valence-electron chi connectivity index (χ1n) is 10.2. The van der Waals surface area contributed by atoms with Gasteiger partial charge in [0.05, 0.1) is 25.0 Å². The molecule has 3 unspecified atom stereocenters. The number of aliphatic imine (C=N–C) groups is 1. The van der Waals surface area contributed by atoms with Crippen LogP contribution in [0.5, 0.6) is 0 Å². The Labute approximate surface area is 162 Å². The monoisotopic (exact) mass is 378 g/mol. The molecule has 2 aliphatic rings. The number of rotatable bonds is 7. The second-order valence-electron chi connectivity index (χ2n) is 7.09. The fraction of sp³-hybridized carbons (Fsp3) is 0.750. The maximum Gasteiger partial charge on any atom is 0.193 e. The molecule has 0 saturated carbocycles. The zero-order chi connectivity index (χ0) is 19.1. The molecule has 2 saturated heterocycles. The number of nitrogens with one attached hydrogen (secondary N) is 1. The zero-order valence-electron chi connectivity index (χ0n) is 16.9. The second kappa shape index (κ2) is 10.1. The predicted molar refractivity (Wildman–Crippen MR) is 106 cm³/mol. The summed E-state index contributed by atoms with van der Waals surface area (Å²) in [5.74, 6) is 1.91. The lowest BCUT2D eigenvalue weighted by Crippen LogP contribution is -2.54. The van der Waals surface area contributed by atoms with Gasteiger partial charge in [-0.3, -0.25) is 9.89 Å². The molecule has 2 aliphatic heterocycles. The molecule has 0 aromatic carbocycles. The van der Waals surface area contributed by atoms with Crippen molar-refractivity contribution in [1.82, 2.24) is 15.1 Å². The first-order valence-corrected chi connectivity index (χ1v) is 10.2. The summed E-state index contributed by atoms with van der Waals surface area (Å²) in [6.45, 7) is 10.3. The van der Waals surface area contributed by atoms with Crippen molar-refractivity contribution < 1.29 is 13.9 Å². The number of guanidine groups is 1. The van der Waals surface area contributed by atoms with E-state index in [1.807, 2.05) is 13.1 Å². The summed E-state index contributed by atoms with van der Waals surface area (Å²) in [5.41, 5.74) is 0. The Morgan fingerprint density at radius 3 is 2.74 bits per heavy atom. The van der Waals surface area contributed by atoms with E-state index in [9.17, 15) is 0 Å². The van der Waals surface area contributed by atoms with Crippen LogP contribution in [0.25, 0.3) is 0 Å². The van der Waals surface area contributed by atoms with Crippen LogP contribution in [0.4, 0.5) is 0 Å². The molecule has 7 nitrogen and oxygen atoms in total. The summed E-state index contributed by atoms with van der Waals surface area (Å²) in [4.78, 5) is 9.21. The van der Waals surface area contributed by atoms with Crippen molar-refractivity contribution in [3.63, 3.8) is 0 Å². The van der Waals surface area contributed by atoms with Gasteiger partial charge in [-0.05, 0) is 38.1 Å². The Balaban J connectivity index is 1.61. The fourth-order valence-electron chi connectivity index (χ4n) is 4.06. The predicted octanol–water partition coefficient (Wildman–Crippen LogP) is 2.12. The van der Waals surface area contributed by atoms with Crippen LogP contribution < -0.4 is 5.32 Å². The molecular formula is C20H34N4O3. The first kappa shape index (κ1) is 20.2. The summed E-state index contributed by atoms with van der Waals surface area (Å²) in [7, 11) is 1.85. The van der Waals surface area contributed by atoms with Crippen LogP contribution >= 0.6 is 0 Å². The van der Waals surface area contributed by atoms with E-state index in [0.717, 1.165) is 63.9 Å². The highest BCUT2D eigenvalue weighted by molar-refractivity contribution is 5.80. The van der Waals surface area contributed by atoms with Crippen molar-refractivity contribution in [2.45, 2.75) is 44.9 Å². The molecule has 2 fully saturated rings. The van der Waals surface area contributed by atoms with Crippen molar-refractivity contribution in [3.05, 3.63) is 24.2 Å². The Hall–Kier alpha value is -1.57. The van der Waals surface area contributed by atoms with E-state index < -0.39 is 0 Å². The third-order valence-corrected chi connectivity index (χ3v) is 5.56. The molecule has 3 rings (SSSR count). The molecule has 27 heavy (non-hydrogen) atoms. The van der Waals surface area contributed by atoms with Gasteiger partial charge in [0.2, 0.25) is 0 Å². The van der Waals surface area contributed by atoms with Gasteiger partial charge in [-0.2, -0.15) is 0 Å². The Kier molecular flexibility index (Phi) is 7.55. The smallest absolute Gasteiger partial charge is 0.193 e. The molecule has 3 heterocycles. The molecule has 0 spiro atoms. The maximum absolute atomic E-state index is 5.97. The summed E-state index contributed by atoms with van der Waals surface area (Å²) in [6.07, 6.45) is 4.31. The van der Waals surface area contributed by atoms with Crippen LogP contribution in [-0.2, 0) is 9.47 Å². The van der Waals surface area contributed by atoms with Crippen LogP contribution in [0, 0.1) is 0 Å². The average molecular weight is 379 g/mol. The number of nitrogens with zero attached hydrogens (tertiary/aromatic N) is 3. The number of hydrogen-bond donors (Lipinski definition) is 1. The van der Waals surface area contributed by atoms with E-state index in [1.54, 1.807) is 6.26 Å². The molecule has 0 radical (unpaired) electrons. The third-order valence-electron chi connectivity index (χ3n) is 5.56. The minimum absolute atomic E-state index is 0.128. The third kappa shape index (κ3) is 5.03. The molecule has 1 aromatic rings. The van der Waals surface area contributed by atoms with E-state index in [2.05, 4.69) is 40.0 Å². The molecule has 1 N–H and O–H groups in total. The van der Waals surface area contributed by atoms with Crippen LogP contribution in [-0.4, -0.2) is 81.0 Å². The van der Waals surface area contributed by atoms with Crippen LogP contribution in [0.2, 0.25) is 0 Å². The van der Waals surface area contributed by atoms with Crippen molar-refractivity contribution >= 4 is 5.96 Å². The lowest BCUT2D eigenvalue weighted by molar-refractivity contribution is -0.0817. The number of morpholine rings is 1. The van der Waals surface area contributed by atoms with Gasteiger partial charge in [0.1, 0.15) is 11.9 Å². The standard InChI is InChI=1S/C20H34N4O3/c1-4-23(5-2)16(17-8-6-11-25-17)14-22-20(21-3)24-10-13-27-19(15-24)18-9-7-12-26-18/h6,8,11,16,18-19H,4-5,7,9-10,12-15H2,1-3H3,(H,21,22). The van der Waals surface area contributed by atoms with E-state index >= 15 is 0 Å². The van der Waals surface area contributed by atoms with E-state index in [4.69, 9.17) is 13.9 Å². The topological polar surface area (TPSA) is 62.5 Å². The van der Waals surface area contributed by atoms with E-state index in [-0.39, 0.29) is 18.2 Å². The summed E-state index contributed by atoms with van der Waals surface area (Å²) in [6, 6.07) is 4.19. The van der Waals surface area contributed by atoms with Crippen LogP contribution in [0.3, 0.4) is 0 Å². The number of likely N-dealkylation sites (N-methyl/N-ethyl adjacent to an activating group) is 1. The van der Waals surface area contributed by atoms with Gasteiger partial charge in [0.15, 0.2) is 5.96 Å². The quantitative estimate of drug-likeness (QED) is 0.579. The lowest BCUT2D eigenvalue weighted by atomic mass is 10.1. The molecule has 7 heteroatoms. The van der Waals surface area contributed by atoms with Crippen LogP contribution in [0.15, 0.2) is 27.8 Å². The summed E-state index contributed by atoms with van der Waals surface area (Å²) in [5, 5.41) is 3.57. The van der Waals surface area contributed by atoms with E-state index in [1.165, 1.54) is 0 Å². The maximum atomic E-state index is 5.97. The number of hydrogen-bond acceptors (Lipinski definition) is 5. The number of furan rings is 1. The van der Waals surface area contributed by atoms with Gasteiger partial charge in [-0.1, -0.05) is 13.8 Å². The van der Waals surface area contributed by atoms with Crippen molar-refractivity contribution in [3.8, 4) is 0 Å². The van der Waals surface area contributed by atoms with Gasteiger partial charge < -0.3 is 24.1 Å². The largest absolute Gasteiger partial charge is 0.468 e. The van der Waals surface area contributed by atoms with Gasteiger partial charge in [0.25, 0.3) is 0 Å². The fourth-order valence-corrected chi connectivity index (χ4v) is 4.06. The highest BCUT2D eigenvalue weighted by Crippen LogP contribution is 2.22. The van der Waals surface area contributed by atoms with Gasteiger partial charge in [-0.25, -0.2) is 0 Å². The summed E-state index contributed by atoms with van der Waals surface area (Å²) >= 11 is 0. The highest BCUT2D eigenvalue weighted by atomic mass is 16.5. The molecule has 1 aromatic heterocycles. The average Bonchev–Trinajstić information content (AvgIpc) is 3.42. The van der Waals surface area contributed by atoms with Crippen LogP contribution in [0.1, 0.15) is 38.5 Å². The van der Waals surface area contributed by atoms with E-state index in [0.29, 0.717) is 6.61 Å². The second-order valence-corrected chi connectivity index (χ2v) is 7.09. The molecular weight excluding hydrogens is 344 g/mol. The normalized spacial score (nSPS) is 25.2. The first-order chi connectivity index (χ1) is 13.3. The Morgan fingerprint density at radius 2 is 2.11 bits per heavy atom. The molecule has 0 amide bonds. The van der Waals surface area contributed by atoms with Crippen molar-refractivity contribution in [2.24, 2.45) is 4.99 Å². The minimum Gasteiger partial charge on any atom is -0.468 e. The molecule has 152 valence electrons. The van der Waals surface area contributed by atoms with Gasteiger partial charge >= 0.3 is 0 Å². The molecule has 3 atom stereocenters. The zero-order valence-corrected chi connectivity index (χ0v) is 16.9. The number of ether oxygens (including phenoxy) is 2. The van der Waals surface area contributed by atoms with Gasteiger partial charge in [0, 0.05) is 33.3 Å². The lowest BCUT2D eigenvalue weighted by Gasteiger charge is -2.38.